The van der Waals surface area contributed by atoms with Crippen LogP contribution in [0.1, 0.15) is 16.1 Å². The van der Waals surface area contributed by atoms with Gasteiger partial charge in [-0.2, -0.15) is 0 Å². The van der Waals surface area contributed by atoms with Gasteiger partial charge in [0.1, 0.15) is 6.26 Å². The molecule has 0 bridgehead atoms. The van der Waals surface area contributed by atoms with Crippen LogP contribution in [0.4, 0.5) is 0 Å². The van der Waals surface area contributed by atoms with Crippen molar-refractivity contribution >= 4 is 57.2 Å². The van der Waals surface area contributed by atoms with Gasteiger partial charge in [0.05, 0.1) is 22.6 Å². The number of halogens is 2. The number of aliphatic imine (C=N–C) groups is 1. The number of nitrogens with one attached hydrogen (secondary N) is 2. The fourth-order valence-corrected chi connectivity index (χ4v) is 3.65. The summed E-state index contributed by atoms with van der Waals surface area (Å²) in [5.41, 5.74) is 3.02. The van der Waals surface area contributed by atoms with Crippen LogP contribution in [0.5, 0.6) is 0 Å². The molecule has 2 N–H and O–H groups in total. The van der Waals surface area contributed by atoms with Gasteiger partial charge < -0.3 is 15.1 Å². The summed E-state index contributed by atoms with van der Waals surface area (Å²) in [6.45, 7) is 3.33. The molecule has 26 heavy (non-hydrogen) atoms. The number of guanidine groups is 1. The van der Waals surface area contributed by atoms with Crippen LogP contribution in [0, 0.1) is 6.92 Å². The maximum absolute atomic E-state index is 5.57. The van der Waals surface area contributed by atoms with Gasteiger partial charge in [0, 0.05) is 17.5 Å². The summed E-state index contributed by atoms with van der Waals surface area (Å²) in [4.78, 5) is 9.98. The second-order valence-electron chi connectivity index (χ2n) is 5.50. The number of benzene rings is 1. The molecule has 0 unspecified atom stereocenters. The maximum Gasteiger partial charge on any atom is 0.226 e. The number of hydrogen-bond donors (Lipinski definition) is 2. The molecular weight excluding hydrogens is 527 g/mol. The molecule has 2 heterocycles. The molecular formula is C18H20BrIN4OS. The lowest BCUT2D eigenvalue weighted by Crippen LogP contribution is -2.36. The van der Waals surface area contributed by atoms with E-state index in [2.05, 4.69) is 49.5 Å². The zero-order valence-electron chi connectivity index (χ0n) is 14.5. The summed E-state index contributed by atoms with van der Waals surface area (Å²) < 4.78 is 6.70. The van der Waals surface area contributed by atoms with Gasteiger partial charge >= 0.3 is 0 Å². The number of hydrogen-bond acceptors (Lipinski definition) is 4. The van der Waals surface area contributed by atoms with E-state index in [1.54, 1.807) is 24.6 Å². The summed E-state index contributed by atoms with van der Waals surface area (Å²) in [5, 5.41) is 6.53. The summed E-state index contributed by atoms with van der Waals surface area (Å²) in [5.74, 6) is 1.35. The Hall–Kier alpha value is -1.39. The van der Waals surface area contributed by atoms with Crippen molar-refractivity contribution in [1.82, 2.24) is 15.6 Å². The third kappa shape index (κ3) is 5.82. The van der Waals surface area contributed by atoms with E-state index in [0.717, 1.165) is 27.5 Å². The fourth-order valence-electron chi connectivity index (χ4n) is 2.23. The number of nitrogens with zero attached hydrogens (tertiary/aromatic N) is 2. The molecule has 0 fully saturated rings. The maximum atomic E-state index is 5.57. The van der Waals surface area contributed by atoms with Crippen LogP contribution in [0.2, 0.25) is 0 Å². The molecule has 0 atom stereocenters. The van der Waals surface area contributed by atoms with E-state index >= 15 is 0 Å². The Balaban J connectivity index is 0.00000243. The van der Waals surface area contributed by atoms with E-state index in [9.17, 15) is 0 Å². The summed E-state index contributed by atoms with van der Waals surface area (Å²) in [7, 11) is 1.75. The first-order chi connectivity index (χ1) is 12.1. The molecule has 5 nitrogen and oxygen atoms in total. The van der Waals surface area contributed by atoms with Crippen LogP contribution >= 0.6 is 51.2 Å². The van der Waals surface area contributed by atoms with Crippen molar-refractivity contribution in [3.05, 3.63) is 62.6 Å². The molecule has 0 aliphatic rings. The molecule has 0 radical (unpaired) electrons. The minimum atomic E-state index is 0. The standard InChI is InChI=1S/C18H19BrN4OS.HI/c1-12-3-5-13(6-4-12)17-23-14(11-24-17)9-21-18(20-2)22-10-15-7-8-16(19)25-15;/h3-8,11H,9-10H2,1-2H3,(H2,20,21,22);1H. The van der Waals surface area contributed by atoms with Gasteiger partial charge in [-0.25, -0.2) is 4.98 Å². The van der Waals surface area contributed by atoms with Crippen LogP contribution in [0.3, 0.4) is 0 Å². The Labute approximate surface area is 182 Å². The van der Waals surface area contributed by atoms with Gasteiger partial charge in [-0.05, 0) is 47.1 Å². The van der Waals surface area contributed by atoms with Gasteiger partial charge in [0.2, 0.25) is 5.89 Å². The zero-order chi connectivity index (χ0) is 17.6. The van der Waals surface area contributed by atoms with Crippen molar-refractivity contribution < 1.29 is 4.42 Å². The van der Waals surface area contributed by atoms with Crippen LogP contribution in [0.15, 0.2) is 55.9 Å². The highest BCUT2D eigenvalue weighted by Crippen LogP contribution is 2.21. The van der Waals surface area contributed by atoms with Crippen LogP contribution in [0.25, 0.3) is 11.5 Å². The molecule has 8 heteroatoms. The lowest BCUT2D eigenvalue weighted by molar-refractivity contribution is 0.572. The minimum Gasteiger partial charge on any atom is -0.444 e. The molecule has 2 aromatic heterocycles. The zero-order valence-corrected chi connectivity index (χ0v) is 19.2. The predicted molar refractivity (Wildman–Crippen MR) is 121 cm³/mol. The molecule has 0 amide bonds. The van der Waals surface area contributed by atoms with E-state index in [4.69, 9.17) is 4.42 Å². The molecule has 3 rings (SSSR count). The quantitative estimate of drug-likeness (QED) is 0.270. The van der Waals surface area contributed by atoms with Crippen molar-refractivity contribution in [2.75, 3.05) is 7.05 Å². The van der Waals surface area contributed by atoms with Gasteiger partial charge in [-0.15, -0.1) is 35.3 Å². The Morgan fingerprint density at radius 3 is 2.54 bits per heavy atom. The molecule has 1 aromatic carbocycles. The van der Waals surface area contributed by atoms with Gasteiger partial charge in [0.25, 0.3) is 0 Å². The van der Waals surface area contributed by atoms with Crippen molar-refractivity contribution in [1.29, 1.82) is 0 Å². The van der Waals surface area contributed by atoms with E-state index in [-0.39, 0.29) is 24.0 Å². The molecule has 0 aliphatic heterocycles. The SMILES string of the molecule is CN=C(NCc1coc(-c2ccc(C)cc2)n1)NCc1ccc(Br)s1.I. The Morgan fingerprint density at radius 2 is 1.88 bits per heavy atom. The third-order valence-electron chi connectivity index (χ3n) is 3.57. The number of oxazole rings is 1. The Morgan fingerprint density at radius 1 is 1.15 bits per heavy atom. The lowest BCUT2D eigenvalue weighted by atomic mass is 10.1. The Bertz CT molecular complexity index is 860. The first-order valence-corrected chi connectivity index (χ1v) is 9.45. The smallest absolute Gasteiger partial charge is 0.226 e. The van der Waals surface area contributed by atoms with Crippen molar-refractivity contribution in [3.8, 4) is 11.5 Å². The summed E-state index contributed by atoms with van der Waals surface area (Å²) >= 11 is 5.17. The van der Waals surface area contributed by atoms with Gasteiger partial charge in [-0.1, -0.05) is 17.7 Å². The molecule has 0 saturated heterocycles. The highest BCUT2D eigenvalue weighted by atomic mass is 127. The van der Waals surface area contributed by atoms with E-state index in [1.807, 2.05) is 30.3 Å². The highest BCUT2D eigenvalue weighted by Gasteiger charge is 2.07. The number of aryl methyl sites for hydroxylation is 1. The fraction of sp³-hybridized carbons (Fsp3) is 0.222. The largest absolute Gasteiger partial charge is 0.444 e. The number of thiophene rings is 1. The van der Waals surface area contributed by atoms with Crippen LogP contribution < -0.4 is 10.6 Å². The average molecular weight is 547 g/mol. The topological polar surface area (TPSA) is 62.5 Å². The molecule has 138 valence electrons. The van der Waals surface area contributed by atoms with Crippen molar-refractivity contribution in [2.45, 2.75) is 20.0 Å². The van der Waals surface area contributed by atoms with Crippen molar-refractivity contribution in [3.63, 3.8) is 0 Å². The summed E-state index contributed by atoms with van der Waals surface area (Å²) in [6, 6.07) is 12.2. The van der Waals surface area contributed by atoms with Gasteiger partial charge in [-0.3, -0.25) is 4.99 Å². The monoisotopic (exact) mass is 546 g/mol. The van der Waals surface area contributed by atoms with E-state index in [0.29, 0.717) is 12.4 Å². The predicted octanol–water partition coefficient (Wildman–Crippen LogP) is 4.96. The lowest BCUT2D eigenvalue weighted by Gasteiger charge is -2.09. The number of aromatic nitrogens is 1. The minimum absolute atomic E-state index is 0. The van der Waals surface area contributed by atoms with Crippen LogP contribution in [-0.4, -0.2) is 18.0 Å². The normalized spacial score (nSPS) is 11.1. The first kappa shape index (κ1) is 20.9. The second-order valence-corrected chi connectivity index (χ2v) is 8.04. The van der Waals surface area contributed by atoms with E-state index < -0.39 is 0 Å². The second kappa shape index (κ2) is 10.1. The van der Waals surface area contributed by atoms with E-state index in [1.165, 1.54) is 10.4 Å². The molecule has 3 aromatic rings. The van der Waals surface area contributed by atoms with Crippen LogP contribution in [-0.2, 0) is 13.1 Å². The summed E-state index contributed by atoms with van der Waals surface area (Å²) in [6.07, 6.45) is 1.67. The molecule has 0 spiro atoms. The number of rotatable bonds is 5. The van der Waals surface area contributed by atoms with Crippen molar-refractivity contribution in [2.24, 2.45) is 4.99 Å². The van der Waals surface area contributed by atoms with Gasteiger partial charge in [0.15, 0.2) is 5.96 Å². The molecule has 0 saturated carbocycles. The first-order valence-electron chi connectivity index (χ1n) is 7.84. The highest BCUT2D eigenvalue weighted by molar-refractivity contribution is 14.0. The third-order valence-corrected chi connectivity index (χ3v) is 5.19. The molecule has 0 aliphatic carbocycles. The average Bonchev–Trinajstić information content (AvgIpc) is 3.25. The Kier molecular flexibility index (Phi) is 8.11.